The van der Waals surface area contributed by atoms with Crippen molar-refractivity contribution in [1.82, 2.24) is 0 Å². The molecule has 0 radical (unpaired) electrons. The van der Waals surface area contributed by atoms with E-state index in [9.17, 15) is 35.9 Å². The number of nitrogens with two attached hydrogens (primary N) is 2. The first-order valence-electron chi connectivity index (χ1n) is 9.42. The maximum atomic E-state index is 13.3. The number of carbonyl (C=O) groups is 2. The summed E-state index contributed by atoms with van der Waals surface area (Å²) in [6.45, 7) is 0. The molecular formula is C22H16F6N4O2. The lowest BCUT2D eigenvalue weighted by atomic mass is 10.0. The van der Waals surface area contributed by atoms with Gasteiger partial charge in [0.2, 0.25) is 0 Å². The topological polar surface area (TPSA) is 110 Å². The van der Waals surface area contributed by atoms with E-state index >= 15 is 0 Å². The van der Waals surface area contributed by atoms with Gasteiger partial charge in [-0.05, 0) is 54.6 Å². The highest BCUT2D eigenvalue weighted by Gasteiger charge is 2.36. The third kappa shape index (κ3) is 5.57. The molecule has 0 fully saturated rings. The standard InChI is InChI=1S/C22H16F6N4O2/c23-21(24,25)16-9-12(29)4-6-15(16)20(34)31-14-3-1-2-11(8-14)19(33)32-18-7-5-13(30)10-17(18)22(26,27)28/h1-10H,29-30H2,(H,31,34)(H,32,33). The Morgan fingerprint density at radius 2 is 1.26 bits per heavy atom. The van der Waals surface area contributed by atoms with Gasteiger partial charge in [0.25, 0.3) is 11.8 Å². The molecule has 0 heterocycles. The Kier molecular flexibility index (Phi) is 6.44. The summed E-state index contributed by atoms with van der Waals surface area (Å²) in [5.74, 6) is -2.07. The van der Waals surface area contributed by atoms with E-state index in [1.165, 1.54) is 24.3 Å². The Bertz CT molecular complexity index is 1250. The fourth-order valence-corrected chi connectivity index (χ4v) is 3.03. The fraction of sp³-hybridized carbons (Fsp3) is 0.0909. The van der Waals surface area contributed by atoms with Gasteiger partial charge in [0.1, 0.15) is 0 Å². The molecule has 3 aromatic carbocycles. The number of hydrogen-bond acceptors (Lipinski definition) is 4. The van der Waals surface area contributed by atoms with E-state index in [2.05, 4.69) is 10.6 Å². The predicted molar refractivity (Wildman–Crippen MR) is 114 cm³/mol. The number of nitrogen functional groups attached to an aromatic ring is 2. The van der Waals surface area contributed by atoms with E-state index in [4.69, 9.17) is 11.5 Å². The Balaban J connectivity index is 1.84. The van der Waals surface area contributed by atoms with Crippen molar-refractivity contribution in [3.63, 3.8) is 0 Å². The van der Waals surface area contributed by atoms with E-state index in [-0.39, 0.29) is 22.6 Å². The summed E-state index contributed by atoms with van der Waals surface area (Å²) in [4.78, 5) is 25.0. The second-order valence-electron chi connectivity index (χ2n) is 7.09. The molecule has 3 aromatic rings. The highest BCUT2D eigenvalue weighted by molar-refractivity contribution is 6.08. The molecule has 0 spiro atoms. The van der Waals surface area contributed by atoms with Crippen LogP contribution in [0.1, 0.15) is 31.8 Å². The van der Waals surface area contributed by atoms with Crippen LogP contribution in [0.5, 0.6) is 0 Å². The number of nitrogens with one attached hydrogen (secondary N) is 2. The number of alkyl halides is 6. The van der Waals surface area contributed by atoms with Crippen molar-refractivity contribution in [2.45, 2.75) is 12.4 Å². The van der Waals surface area contributed by atoms with Crippen LogP contribution in [0.25, 0.3) is 0 Å². The summed E-state index contributed by atoms with van der Waals surface area (Å²) in [7, 11) is 0. The van der Waals surface area contributed by atoms with Gasteiger partial charge in [0, 0.05) is 22.6 Å². The molecule has 0 aliphatic rings. The van der Waals surface area contributed by atoms with E-state index < -0.39 is 46.5 Å². The Morgan fingerprint density at radius 1 is 0.676 bits per heavy atom. The van der Waals surface area contributed by atoms with Gasteiger partial charge >= 0.3 is 12.4 Å². The zero-order valence-electron chi connectivity index (χ0n) is 17.0. The number of halogens is 6. The van der Waals surface area contributed by atoms with Gasteiger partial charge in [-0.3, -0.25) is 9.59 Å². The molecule has 34 heavy (non-hydrogen) atoms. The van der Waals surface area contributed by atoms with E-state index in [1.807, 2.05) is 0 Å². The third-order valence-corrected chi connectivity index (χ3v) is 4.57. The summed E-state index contributed by atoms with van der Waals surface area (Å²) < 4.78 is 79.6. The van der Waals surface area contributed by atoms with Crippen molar-refractivity contribution in [2.24, 2.45) is 0 Å². The van der Waals surface area contributed by atoms with Crippen LogP contribution in [-0.4, -0.2) is 11.8 Å². The molecule has 0 aliphatic carbocycles. The lowest BCUT2D eigenvalue weighted by Gasteiger charge is -2.15. The smallest absolute Gasteiger partial charge is 0.399 e. The molecular weight excluding hydrogens is 466 g/mol. The zero-order valence-corrected chi connectivity index (χ0v) is 17.0. The van der Waals surface area contributed by atoms with Crippen molar-refractivity contribution in [2.75, 3.05) is 22.1 Å². The maximum Gasteiger partial charge on any atom is 0.418 e. The van der Waals surface area contributed by atoms with Gasteiger partial charge in [0.15, 0.2) is 0 Å². The number of anilines is 4. The van der Waals surface area contributed by atoms with E-state index in [0.717, 1.165) is 24.3 Å². The van der Waals surface area contributed by atoms with Crippen LogP contribution in [0.3, 0.4) is 0 Å². The lowest BCUT2D eigenvalue weighted by Crippen LogP contribution is -2.20. The van der Waals surface area contributed by atoms with Gasteiger partial charge in [0.05, 0.1) is 22.4 Å². The van der Waals surface area contributed by atoms with Gasteiger partial charge in [-0.25, -0.2) is 0 Å². The maximum absolute atomic E-state index is 13.3. The van der Waals surface area contributed by atoms with Crippen molar-refractivity contribution in [1.29, 1.82) is 0 Å². The summed E-state index contributed by atoms with van der Waals surface area (Å²) in [6, 6.07) is 10.4. The van der Waals surface area contributed by atoms with Crippen molar-refractivity contribution >= 4 is 34.6 Å². The number of carbonyl (C=O) groups excluding carboxylic acids is 2. The minimum atomic E-state index is -4.85. The number of hydrogen-bond donors (Lipinski definition) is 4. The quantitative estimate of drug-likeness (QED) is 0.295. The van der Waals surface area contributed by atoms with Crippen molar-refractivity contribution in [3.8, 4) is 0 Å². The zero-order chi connectivity index (χ0) is 25.3. The molecule has 3 rings (SSSR count). The number of rotatable bonds is 4. The normalized spacial score (nSPS) is 11.7. The second kappa shape index (κ2) is 8.96. The Morgan fingerprint density at radius 3 is 1.88 bits per heavy atom. The molecule has 12 heteroatoms. The summed E-state index contributed by atoms with van der Waals surface area (Å²) in [6.07, 6.45) is -9.64. The fourth-order valence-electron chi connectivity index (χ4n) is 3.03. The minimum Gasteiger partial charge on any atom is -0.399 e. The first kappa shape index (κ1) is 24.4. The molecule has 0 atom stereocenters. The van der Waals surface area contributed by atoms with Crippen LogP contribution < -0.4 is 22.1 Å². The first-order valence-corrected chi connectivity index (χ1v) is 9.42. The number of amides is 2. The predicted octanol–water partition coefficient (Wildman–Crippen LogP) is 5.39. The third-order valence-electron chi connectivity index (χ3n) is 4.57. The average molecular weight is 482 g/mol. The molecule has 178 valence electrons. The molecule has 6 N–H and O–H groups in total. The summed E-state index contributed by atoms with van der Waals surface area (Å²) in [5, 5.41) is 4.35. The molecule has 2 amide bonds. The Labute approximate surface area is 188 Å². The molecule has 0 aliphatic heterocycles. The molecule has 0 bridgehead atoms. The van der Waals surface area contributed by atoms with Crippen LogP contribution in [0.15, 0.2) is 60.7 Å². The largest absolute Gasteiger partial charge is 0.418 e. The van der Waals surface area contributed by atoms with Crippen LogP contribution in [-0.2, 0) is 12.4 Å². The van der Waals surface area contributed by atoms with E-state index in [1.54, 1.807) is 0 Å². The highest BCUT2D eigenvalue weighted by atomic mass is 19.4. The second-order valence-corrected chi connectivity index (χ2v) is 7.09. The summed E-state index contributed by atoms with van der Waals surface area (Å²) >= 11 is 0. The van der Waals surface area contributed by atoms with Crippen LogP contribution in [0, 0.1) is 0 Å². The monoisotopic (exact) mass is 482 g/mol. The number of benzene rings is 3. The molecule has 0 saturated heterocycles. The lowest BCUT2D eigenvalue weighted by molar-refractivity contribution is -0.138. The van der Waals surface area contributed by atoms with E-state index in [0.29, 0.717) is 12.1 Å². The highest BCUT2D eigenvalue weighted by Crippen LogP contribution is 2.36. The van der Waals surface area contributed by atoms with Gasteiger partial charge in [-0.1, -0.05) is 6.07 Å². The first-order chi connectivity index (χ1) is 15.8. The van der Waals surface area contributed by atoms with Gasteiger partial charge < -0.3 is 22.1 Å². The summed E-state index contributed by atoms with van der Waals surface area (Å²) in [5.41, 5.74) is 6.57. The molecule has 0 saturated carbocycles. The van der Waals surface area contributed by atoms with Gasteiger partial charge in [-0.2, -0.15) is 26.3 Å². The Hall–Kier alpha value is -4.22. The molecule has 6 nitrogen and oxygen atoms in total. The molecule has 0 aromatic heterocycles. The molecule has 0 unspecified atom stereocenters. The van der Waals surface area contributed by atoms with Crippen LogP contribution in [0.4, 0.5) is 49.1 Å². The van der Waals surface area contributed by atoms with Gasteiger partial charge in [-0.15, -0.1) is 0 Å². The van der Waals surface area contributed by atoms with Crippen LogP contribution in [0.2, 0.25) is 0 Å². The van der Waals surface area contributed by atoms with Crippen LogP contribution >= 0.6 is 0 Å². The SMILES string of the molecule is Nc1ccc(NC(=O)c2cccc(NC(=O)c3ccc(N)cc3C(F)(F)F)c2)c(C(F)(F)F)c1. The average Bonchev–Trinajstić information content (AvgIpc) is 2.73. The minimum absolute atomic E-state index is 0.0593. The van der Waals surface area contributed by atoms with Crippen molar-refractivity contribution in [3.05, 3.63) is 82.9 Å². The van der Waals surface area contributed by atoms with Crippen molar-refractivity contribution < 1.29 is 35.9 Å².